The highest BCUT2D eigenvalue weighted by molar-refractivity contribution is 9.10. The highest BCUT2D eigenvalue weighted by atomic mass is 79.9. The zero-order chi connectivity index (χ0) is 15.4. The van der Waals surface area contributed by atoms with Gasteiger partial charge in [0.25, 0.3) is 0 Å². The highest BCUT2D eigenvalue weighted by Gasteiger charge is 2.16. The zero-order valence-corrected chi connectivity index (χ0v) is 15.3. The van der Waals surface area contributed by atoms with Crippen LogP contribution < -0.4 is 10.1 Å². The quantitative estimate of drug-likeness (QED) is 0.705. The van der Waals surface area contributed by atoms with Gasteiger partial charge in [0.05, 0.1) is 6.10 Å². The molecule has 1 aromatic carbocycles. The van der Waals surface area contributed by atoms with E-state index >= 15 is 0 Å². The molecule has 0 bridgehead atoms. The minimum atomic E-state index is 0.184. The van der Waals surface area contributed by atoms with Gasteiger partial charge in [-0.15, -0.1) is 11.3 Å². The van der Waals surface area contributed by atoms with E-state index in [9.17, 15) is 0 Å². The fourth-order valence-electron chi connectivity index (χ4n) is 2.30. The Balaban J connectivity index is 2.11. The lowest BCUT2D eigenvalue weighted by atomic mass is 10.1. The predicted molar refractivity (Wildman–Crippen MR) is 94.2 cm³/mol. The minimum absolute atomic E-state index is 0.184. The Labute approximate surface area is 139 Å². The largest absolute Gasteiger partial charge is 0.491 e. The lowest BCUT2D eigenvalue weighted by molar-refractivity contribution is 0.237. The summed E-state index contributed by atoms with van der Waals surface area (Å²) in [6.07, 6.45) is 0.184. The molecular weight excluding hydrogens is 346 g/mol. The van der Waals surface area contributed by atoms with Gasteiger partial charge < -0.3 is 10.1 Å². The molecule has 1 aromatic heterocycles. The van der Waals surface area contributed by atoms with E-state index < -0.39 is 0 Å². The molecule has 0 spiro atoms. The van der Waals surface area contributed by atoms with Crippen LogP contribution in [0.1, 0.15) is 50.2 Å². The van der Waals surface area contributed by atoms with Crippen molar-refractivity contribution < 1.29 is 4.74 Å². The van der Waals surface area contributed by atoms with Crippen LogP contribution in [-0.4, -0.2) is 6.10 Å². The Kier molecular flexibility index (Phi) is 5.85. The molecule has 114 valence electrons. The Hall–Kier alpha value is -0.840. The standard InChI is InChI=1S/C17H22BrNOS/c1-11(2)20-16-8-6-5-7-15(16)12(3)19-13(4)17-9-14(18)10-21-17/h5-13,19H,1-4H3. The Morgan fingerprint density at radius 1 is 1.10 bits per heavy atom. The van der Waals surface area contributed by atoms with Gasteiger partial charge in [-0.3, -0.25) is 0 Å². The van der Waals surface area contributed by atoms with E-state index in [2.05, 4.69) is 72.5 Å². The van der Waals surface area contributed by atoms with Crippen molar-refractivity contribution in [2.75, 3.05) is 0 Å². The molecule has 1 heterocycles. The number of hydrogen-bond donors (Lipinski definition) is 1. The third-order valence-corrected chi connectivity index (χ3v) is 5.14. The van der Waals surface area contributed by atoms with Gasteiger partial charge in [-0.1, -0.05) is 18.2 Å². The molecule has 2 rings (SSSR count). The first-order valence-electron chi connectivity index (χ1n) is 7.23. The van der Waals surface area contributed by atoms with E-state index in [1.807, 2.05) is 12.1 Å². The number of benzene rings is 1. The lowest BCUT2D eigenvalue weighted by Gasteiger charge is -2.22. The fraction of sp³-hybridized carbons (Fsp3) is 0.412. The van der Waals surface area contributed by atoms with Crippen LogP contribution in [0.5, 0.6) is 5.75 Å². The van der Waals surface area contributed by atoms with Crippen molar-refractivity contribution in [2.24, 2.45) is 0 Å². The third kappa shape index (κ3) is 4.56. The highest BCUT2D eigenvalue weighted by Crippen LogP contribution is 2.30. The molecule has 2 atom stereocenters. The number of para-hydroxylation sites is 1. The molecule has 0 aliphatic rings. The smallest absolute Gasteiger partial charge is 0.124 e. The lowest BCUT2D eigenvalue weighted by Crippen LogP contribution is -2.22. The van der Waals surface area contributed by atoms with E-state index in [0.29, 0.717) is 6.04 Å². The van der Waals surface area contributed by atoms with Gasteiger partial charge in [0.15, 0.2) is 0 Å². The van der Waals surface area contributed by atoms with E-state index in [1.54, 1.807) is 11.3 Å². The molecule has 2 unspecified atom stereocenters. The molecule has 2 nitrogen and oxygen atoms in total. The van der Waals surface area contributed by atoms with Crippen LogP contribution in [0.25, 0.3) is 0 Å². The van der Waals surface area contributed by atoms with E-state index in [0.717, 1.165) is 10.2 Å². The van der Waals surface area contributed by atoms with Gasteiger partial charge in [0.1, 0.15) is 5.75 Å². The molecular formula is C17H22BrNOS. The topological polar surface area (TPSA) is 21.3 Å². The van der Waals surface area contributed by atoms with Crippen molar-refractivity contribution in [1.29, 1.82) is 0 Å². The van der Waals surface area contributed by atoms with Gasteiger partial charge >= 0.3 is 0 Å². The molecule has 2 aromatic rings. The fourth-order valence-corrected chi connectivity index (χ4v) is 3.76. The molecule has 4 heteroatoms. The monoisotopic (exact) mass is 367 g/mol. The van der Waals surface area contributed by atoms with Gasteiger partial charge in [0, 0.05) is 32.4 Å². The summed E-state index contributed by atoms with van der Waals surface area (Å²) in [6, 6.07) is 11.0. The summed E-state index contributed by atoms with van der Waals surface area (Å²) < 4.78 is 7.06. The van der Waals surface area contributed by atoms with E-state index in [1.165, 1.54) is 10.4 Å². The van der Waals surface area contributed by atoms with Gasteiger partial charge in [-0.25, -0.2) is 0 Å². The molecule has 0 fully saturated rings. The minimum Gasteiger partial charge on any atom is -0.491 e. The number of thiophene rings is 1. The number of hydrogen-bond acceptors (Lipinski definition) is 3. The summed E-state index contributed by atoms with van der Waals surface area (Å²) >= 11 is 5.28. The second kappa shape index (κ2) is 7.43. The van der Waals surface area contributed by atoms with E-state index in [-0.39, 0.29) is 12.1 Å². The predicted octanol–water partition coefficient (Wildman–Crippen LogP) is 5.71. The van der Waals surface area contributed by atoms with Crippen LogP contribution in [0.4, 0.5) is 0 Å². The number of rotatable bonds is 6. The molecule has 0 amide bonds. The van der Waals surface area contributed by atoms with Crippen molar-refractivity contribution in [3.05, 3.63) is 50.6 Å². The number of ether oxygens (including phenoxy) is 1. The second-order valence-electron chi connectivity index (χ2n) is 5.48. The normalized spacial score (nSPS) is 14.2. The Morgan fingerprint density at radius 3 is 2.43 bits per heavy atom. The van der Waals surface area contributed by atoms with Crippen LogP contribution in [0, 0.1) is 0 Å². The first-order valence-corrected chi connectivity index (χ1v) is 8.90. The van der Waals surface area contributed by atoms with Crippen molar-refractivity contribution >= 4 is 27.3 Å². The Bertz CT molecular complexity index is 582. The summed E-state index contributed by atoms with van der Waals surface area (Å²) in [4.78, 5) is 1.33. The third-order valence-electron chi connectivity index (χ3n) is 3.26. The molecule has 0 saturated carbocycles. The van der Waals surface area contributed by atoms with Gasteiger partial charge in [-0.05, 0) is 55.8 Å². The first-order chi connectivity index (χ1) is 9.97. The number of nitrogens with one attached hydrogen (secondary N) is 1. The molecule has 0 saturated heterocycles. The number of halogens is 1. The molecule has 21 heavy (non-hydrogen) atoms. The SMILES string of the molecule is CC(C)Oc1ccccc1C(C)NC(C)c1cc(Br)cs1. The second-order valence-corrected chi connectivity index (χ2v) is 7.34. The molecule has 0 radical (unpaired) electrons. The zero-order valence-electron chi connectivity index (χ0n) is 12.9. The van der Waals surface area contributed by atoms with Gasteiger partial charge in [0.2, 0.25) is 0 Å². The van der Waals surface area contributed by atoms with Crippen LogP contribution in [0.2, 0.25) is 0 Å². The maximum absolute atomic E-state index is 5.91. The van der Waals surface area contributed by atoms with Crippen LogP contribution >= 0.6 is 27.3 Å². The summed E-state index contributed by atoms with van der Waals surface area (Å²) in [6.45, 7) is 8.49. The van der Waals surface area contributed by atoms with Crippen molar-refractivity contribution in [1.82, 2.24) is 5.32 Å². The van der Waals surface area contributed by atoms with Crippen LogP contribution in [0.3, 0.4) is 0 Å². The van der Waals surface area contributed by atoms with Crippen molar-refractivity contribution in [3.63, 3.8) is 0 Å². The first kappa shape index (κ1) is 16.5. The summed E-state index contributed by atoms with van der Waals surface area (Å²) in [5.74, 6) is 0.965. The van der Waals surface area contributed by atoms with Crippen molar-refractivity contribution in [2.45, 2.75) is 45.9 Å². The summed E-state index contributed by atoms with van der Waals surface area (Å²) in [5.41, 5.74) is 1.20. The molecule has 0 aliphatic heterocycles. The van der Waals surface area contributed by atoms with E-state index in [4.69, 9.17) is 4.74 Å². The average molecular weight is 368 g/mol. The molecule has 1 N–H and O–H groups in total. The maximum atomic E-state index is 5.91. The van der Waals surface area contributed by atoms with Crippen molar-refractivity contribution in [3.8, 4) is 5.75 Å². The Morgan fingerprint density at radius 2 is 1.81 bits per heavy atom. The van der Waals surface area contributed by atoms with Crippen LogP contribution in [-0.2, 0) is 0 Å². The molecule has 0 aliphatic carbocycles. The summed E-state index contributed by atoms with van der Waals surface area (Å²) in [7, 11) is 0. The van der Waals surface area contributed by atoms with Crippen LogP contribution in [0.15, 0.2) is 40.2 Å². The summed E-state index contributed by atoms with van der Waals surface area (Å²) in [5, 5.41) is 5.77. The maximum Gasteiger partial charge on any atom is 0.124 e. The van der Waals surface area contributed by atoms with Gasteiger partial charge in [-0.2, -0.15) is 0 Å². The average Bonchev–Trinajstić information content (AvgIpc) is 2.85.